The fraction of sp³-hybridized carbons (Fsp3) is 0.857. The van der Waals surface area contributed by atoms with Gasteiger partial charge in [0, 0.05) is 0 Å². The van der Waals surface area contributed by atoms with Crippen LogP contribution in [-0.2, 0) is 0 Å². The van der Waals surface area contributed by atoms with Crippen LogP contribution in [0.15, 0.2) is 11.6 Å². The summed E-state index contributed by atoms with van der Waals surface area (Å²) in [5.41, 5.74) is 0.271. The molecule has 0 nitrogen and oxygen atoms in total. The van der Waals surface area contributed by atoms with E-state index in [0.717, 1.165) is 19.3 Å². The van der Waals surface area contributed by atoms with Gasteiger partial charge >= 0.3 is 6.18 Å². The lowest BCUT2D eigenvalue weighted by Crippen LogP contribution is -2.68. The lowest BCUT2D eigenvalue weighted by Gasteiger charge is -2.72. The van der Waals surface area contributed by atoms with Crippen LogP contribution >= 0.6 is 0 Å². The molecule has 4 aliphatic rings. The third-order valence-electron chi connectivity index (χ3n) is 5.19. The molecule has 0 radical (unpaired) electrons. The maximum Gasteiger partial charge on any atom is 0.394 e. The van der Waals surface area contributed by atoms with Gasteiger partial charge in [0.15, 0.2) is 0 Å². The second-order valence-corrected chi connectivity index (χ2v) is 7.20. The molecule has 0 atom stereocenters. The van der Waals surface area contributed by atoms with Crippen molar-refractivity contribution < 1.29 is 13.2 Å². The molecular formula is C14H19F3. The zero-order valence-corrected chi connectivity index (χ0v) is 10.5. The highest BCUT2D eigenvalue weighted by atomic mass is 19.4. The van der Waals surface area contributed by atoms with E-state index in [1.807, 2.05) is 0 Å². The molecule has 4 aliphatic carbocycles. The van der Waals surface area contributed by atoms with Crippen LogP contribution < -0.4 is 0 Å². The Morgan fingerprint density at radius 3 is 2.18 bits per heavy atom. The van der Waals surface area contributed by atoms with E-state index in [-0.39, 0.29) is 10.8 Å². The van der Waals surface area contributed by atoms with Crippen LogP contribution in [0.4, 0.5) is 13.2 Å². The number of alkyl halides is 3. The van der Waals surface area contributed by atoms with Crippen molar-refractivity contribution in [3.63, 3.8) is 0 Å². The third kappa shape index (κ3) is 1.43. The average Bonchev–Trinajstić information content (AvgIpc) is 1.92. The largest absolute Gasteiger partial charge is 0.394 e. The summed E-state index contributed by atoms with van der Waals surface area (Å²) in [6, 6.07) is 0. The van der Waals surface area contributed by atoms with E-state index in [2.05, 4.69) is 19.9 Å². The number of hydrogen-bond donors (Lipinski definition) is 0. The molecule has 3 saturated carbocycles. The molecule has 0 aromatic rings. The highest BCUT2D eigenvalue weighted by Gasteiger charge is 2.78. The topological polar surface area (TPSA) is 0 Å². The molecule has 4 rings (SSSR count). The van der Waals surface area contributed by atoms with Crippen LogP contribution in [-0.4, -0.2) is 6.18 Å². The first-order valence-corrected chi connectivity index (χ1v) is 6.45. The molecule has 0 unspecified atom stereocenters. The summed E-state index contributed by atoms with van der Waals surface area (Å²) >= 11 is 0. The summed E-state index contributed by atoms with van der Waals surface area (Å²) in [5.74, 6) is 0. The number of hydrogen-bond acceptors (Lipinski definition) is 0. The molecule has 0 aliphatic heterocycles. The second kappa shape index (κ2) is 2.92. The quantitative estimate of drug-likeness (QED) is 0.578. The maximum absolute atomic E-state index is 12.8. The van der Waals surface area contributed by atoms with Gasteiger partial charge in [0.25, 0.3) is 0 Å². The number of rotatable bonds is 1. The minimum absolute atomic E-state index is 0.0484. The van der Waals surface area contributed by atoms with Crippen molar-refractivity contribution >= 4 is 0 Å². The van der Waals surface area contributed by atoms with Crippen LogP contribution in [0.25, 0.3) is 0 Å². The summed E-state index contributed by atoms with van der Waals surface area (Å²) in [6.45, 7) is 4.45. The molecule has 0 spiro atoms. The van der Waals surface area contributed by atoms with E-state index >= 15 is 0 Å². The minimum atomic E-state index is -3.97. The van der Waals surface area contributed by atoms with E-state index in [1.165, 1.54) is 5.57 Å². The first kappa shape index (κ1) is 11.6. The Labute approximate surface area is 100 Å². The van der Waals surface area contributed by atoms with Gasteiger partial charge in [0.05, 0.1) is 5.41 Å². The fourth-order valence-electron chi connectivity index (χ4n) is 4.15. The van der Waals surface area contributed by atoms with Gasteiger partial charge in [-0.25, -0.2) is 0 Å². The van der Waals surface area contributed by atoms with E-state index < -0.39 is 11.6 Å². The lowest BCUT2D eigenvalue weighted by atomic mass is 9.32. The normalized spacial score (nSPS) is 43.5. The van der Waals surface area contributed by atoms with Crippen molar-refractivity contribution in [2.24, 2.45) is 16.2 Å². The van der Waals surface area contributed by atoms with Crippen molar-refractivity contribution in [1.82, 2.24) is 0 Å². The van der Waals surface area contributed by atoms with Crippen LogP contribution in [0.3, 0.4) is 0 Å². The average molecular weight is 244 g/mol. The molecule has 2 bridgehead atoms. The van der Waals surface area contributed by atoms with Crippen LogP contribution in [0.5, 0.6) is 0 Å². The zero-order chi connectivity index (χ0) is 12.5. The third-order valence-corrected chi connectivity index (χ3v) is 5.19. The Morgan fingerprint density at radius 2 is 1.71 bits per heavy atom. The van der Waals surface area contributed by atoms with Gasteiger partial charge in [-0.3, -0.25) is 0 Å². The molecule has 96 valence electrons. The van der Waals surface area contributed by atoms with Gasteiger partial charge in [0.1, 0.15) is 0 Å². The molecule has 0 heterocycles. The van der Waals surface area contributed by atoms with Gasteiger partial charge in [0.2, 0.25) is 0 Å². The summed E-state index contributed by atoms with van der Waals surface area (Å²) in [5, 5.41) is 0. The van der Waals surface area contributed by atoms with Crippen LogP contribution in [0.2, 0.25) is 0 Å². The number of allylic oxidation sites excluding steroid dienone is 2. The molecule has 0 saturated heterocycles. The predicted molar refractivity (Wildman–Crippen MR) is 60.5 cm³/mol. The second-order valence-electron chi connectivity index (χ2n) is 7.20. The van der Waals surface area contributed by atoms with Crippen molar-refractivity contribution in [1.29, 1.82) is 0 Å². The Kier molecular flexibility index (Phi) is 1.99. The standard InChI is InChI=1S/C14H19F3/c1-11(2)5-3-4-10(6-11)12-7-13(8-12,9-12)14(15,16)17/h4H,3,5-9H2,1-2H3. The minimum Gasteiger partial charge on any atom is -0.171 e. The number of halogens is 3. The molecule has 3 heteroatoms. The first-order chi connectivity index (χ1) is 7.68. The van der Waals surface area contributed by atoms with Crippen molar-refractivity contribution in [2.45, 2.75) is 58.5 Å². The molecular weight excluding hydrogens is 225 g/mol. The highest BCUT2D eigenvalue weighted by molar-refractivity contribution is 5.35. The van der Waals surface area contributed by atoms with Gasteiger partial charge < -0.3 is 0 Å². The lowest BCUT2D eigenvalue weighted by molar-refractivity contribution is -0.353. The molecule has 0 aromatic carbocycles. The zero-order valence-electron chi connectivity index (χ0n) is 10.5. The van der Waals surface area contributed by atoms with Gasteiger partial charge in [-0.05, 0) is 49.4 Å². The summed E-state index contributed by atoms with van der Waals surface area (Å²) in [6.07, 6.45) is 2.56. The SMILES string of the molecule is CC1(C)CCC=C(C23CC(C(F)(F)F)(C2)C3)C1. The smallest absolute Gasteiger partial charge is 0.171 e. The van der Waals surface area contributed by atoms with E-state index in [0.29, 0.717) is 19.3 Å². The van der Waals surface area contributed by atoms with Crippen LogP contribution in [0.1, 0.15) is 52.4 Å². The monoisotopic (exact) mass is 244 g/mol. The molecule has 3 fully saturated rings. The summed E-state index contributed by atoms with van der Waals surface area (Å²) < 4.78 is 38.4. The molecule has 0 aromatic heterocycles. The van der Waals surface area contributed by atoms with Gasteiger partial charge in [-0.15, -0.1) is 0 Å². The first-order valence-electron chi connectivity index (χ1n) is 6.45. The van der Waals surface area contributed by atoms with Crippen LogP contribution in [0, 0.1) is 16.2 Å². The van der Waals surface area contributed by atoms with Gasteiger partial charge in [-0.2, -0.15) is 13.2 Å². The molecule has 0 amide bonds. The predicted octanol–water partition coefficient (Wildman–Crippen LogP) is 4.86. The Bertz CT molecular complexity index is 367. The van der Waals surface area contributed by atoms with Crippen molar-refractivity contribution in [2.75, 3.05) is 0 Å². The Balaban J connectivity index is 1.73. The molecule has 0 N–H and O–H groups in total. The molecule has 17 heavy (non-hydrogen) atoms. The van der Waals surface area contributed by atoms with Gasteiger partial charge in [-0.1, -0.05) is 25.5 Å². The maximum atomic E-state index is 12.8. The highest BCUT2D eigenvalue weighted by Crippen LogP contribution is 2.81. The summed E-state index contributed by atoms with van der Waals surface area (Å²) in [4.78, 5) is 0. The van der Waals surface area contributed by atoms with E-state index in [9.17, 15) is 13.2 Å². The Morgan fingerprint density at radius 1 is 1.12 bits per heavy atom. The summed E-state index contributed by atoms with van der Waals surface area (Å²) in [7, 11) is 0. The van der Waals surface area contributed by atoms with Crippen molar-refractivity contribution in [3.8, 4) is 0 Å². The van der Waals surface area contributed by atoms with E-state index in [4.69, 9.17) is 0 Å². The Hall–Kier alpha value is -0.470. The van der Waals surface area contributed by atoms with Crippen molar-refractivity contribution in [3.05, 3.63) is 11.6 Å². The fourth-order valence-corrected chi connectivity index (χ4v) is 4.15. The van der Waals surface area contributed by atoms with E-state index in [1.54, 1.807) is 0 Å².